The van der Waals surface area contributed by atoms with E-state index in [2.05, 4.69) is 10.4 Å². The van der Waals surface area contributed by atoms with Gasteiger partial charge in [-0.25, -0.2) is 0 Å². The maximum Gasteiger partial charge on any atom is 0.433 e. The molecule has 2 aromatic rings. The van der Waals surface area contributed by atoms with Crippen molar-refractivity contribution in [3.05, 3.63) is 46.2 Å². The molecule has 0 aliphatic rings. The number of aromatic nitrogens is 2. The molecule has 0 spiro atoms. The smallest absolute Gasteiger partial charge is 0.321 e. The van der Waals surface area contributed by atoms with Gasteiger partial charge in [-0.1, -0.05) is 17.7 Å². The first-order chi connectivity index (χ1) is 9.68. The summed E-state index contributed by atoms with van der Waals surface area (Å²) in [4.78, 5) is 11.9. The van der Waals surface area contributed by atoms with E-state index in [0.717, 1.165) is 12.6 Å². The summed E-state index contributed by atoms with van der Waals surface area (Å²) in [6, 6.07) is 5.51. The number of amides is 1. The van der Waals surface area contributed by atoms with E-state index in [1.807, 2.05) is 0 Å². The third-order valence-corrected chi connectivity index (χ3v) is 3.24. The number of halogens is 4. The zero-order valence-electron chi connectivity index (χ0n) is 11.1. The Hall–Kier alpha value is -2.02. The van der Waals surface area contributed by atoms with Gasteiger partial charge in [0, 0.05) is 23.8 Å². The second-order valence-corrected chi connectivity index (χ2v) is 4.86. The van der Waals surface area contributed by atoms with Gasteiger partial charge in [0.15, 0.2) is 5.69 Å². The molecule has 4 nitrogen and oxygen atoms in total. The van der Waals surface area contributed by atoms with Gasteiger partial charge in [0.1, 0.15) is 5.69 Å². The van der Waals surface area contributed by atoms with E-state index in [0.29, 0.717) is 21.5 Å². The average molecular weight is 318 g/mol. The summed E-state index contributed by atoms with van der Waals surface area (Å²) in [6.07, 6.45) is -4.56. The van der Waals surface area contributed by atoms with Crippen LogP contribution in [0.5, 0.6) is 0 Å². The van der Waals surface area contributed by atoms with Gasteiger partial charge in [0.2, 0.25) is 0 Å². The SMILES string of the molecule is Cc1ccc(NC(=O)c2cc(C(F)(F)F)n(C)n2)cc1Cl. The van der Waals surface area contributed by atoms with Crippen molar-refractivity contribution >= 4 is 23.2 Å². The van der Waals surface area contributed by atoms with Crippen LogP contribution in [0.15, 0.2) is 24.3 Å². The lowest BCUT2D eigenvalue weighted by Gasteiger charge is -2.05. The summed E-state index contributed by atoms with van der Waals surface area (Å²) in [6.45, 7) is 1.79. The second-order valence-electron chi connectivity index (χ2n) is 4.45. The van der Waals surface area contributed by atoms with E-state index in [9.17, 15) is 18.0 Å². The molecule has 0 saturated carbocycles. The van der Waals surface area contributed by atoms with Crippen LogP contribution in [-0.2, 0) is 13.2 Å². The fraction of sp³-hybridized carbons (Fsp3) is 0.231. The number of anilines is 1. The maximum atomic E-state index is 12.6. The van der Waals surface area contributed by atoms with Gasteiger partial charge in [-0.15, -0.1) is 0 Å². The molecule has 1 heterocycles. The molecule has 1 amide bonds. The molecule has 0 atom stereocenters. The van der Waals surface area contributed by atoms with E-state index in [1.165, 1.54) is 6.07 Å². The Bertz CT molecular complexity index is 694. The minimum absolute atomic E-state index is 0.318. The number of rotatable bonds is 2. The van der Waals surface area contributed by atoms with Crippen molar-refractivity contribution in [2.45, 2.75) is 13.1 Å². The third kappa shape index (κ3) is 3.36. The van der Waals surface area contributed by atoms with Crippen molar-refractivity contribution in [2.24, 2.45) is 7.05 Å². The van der Waals surface area contributed by atoms with Crippen molar-refractivity contribution < 1.29 is 18.0 Å². The average Bonchev–Trinajstić information content (AvgIpc) is 2.76. The summed E-state index contributed by atoms with van der Waals surface area (Å²) < 4.78 is 38.5. The Balaban J connectivity index is 2.23. The van der Waals surface area contributed by atoms with Crippen LogP contribution in [0.2, 0.25) is 5.02 Å². The first kappa shape index (κ1) is 15.4. The number of aryl methyl sites for hydroxylation is 2. The van der Waals surface area contributed by atoms with Gasteiger partial charge in [-0.2, -0.15) is 18.3 Å². The number of carbonyl (C=O) groups is 1. The van der Waals surface area contributed by atoms with Crippen LogP contribution in [0.1, 0.15) is 21.7 Å². The summed E-state index contributed by atoms with van der Waals surface area (Å²) in [5, 5.41) is 6.47. The fourth-order valence-electron chi connectivity index (χ4n) is 1.71. The molecule has 1 N–H and O–H groups in total. The van der Waals surface area contributed by atoms with E-state index < -0.39 is 17.8 Å². The first-order valence-corrected chi connectivity index (χ1v) is 6.25. The number of alkyl halides is 3. The molecule has 1 aromatic heterocycles. The van der Waals surface area contributed by atoms with E-state index >= 15 is 0 Å². The number of benzene rings is 1. The highest BCUT2D eigenvalue weighted by Gasteiger charge is 2.35. The van der Waals surface area contributed by atoms with E-state index in [-0.39, 0.29) is 5.69 Å². The highest BCUT2D eigenvalue weighted by molar-refractivity contribution is 6.31. The summed E-state index contributed by atoms with van der Waals surface area (Å²) >= 11 is 5.91. The lowest BCUT2D eigenvalue weighted by molar-refractivity contribution is -0.143. The van der Waals surface area contributed by atoms with Gasteiger partial charge in [0.25, 0.3) is 5.91 Å². The second kappa shape index (κ2) is 5.40. The van der Waals surface area contributed by atoms with Gasteiger partial charge in [-0.05, 0) is 24.6 Å². The van der Waals surface area contributed by atoms with Crippen molar-refractivity contribution in [3.8, 4) is 0 Å². The Kier molecular flexibility index (Phi) is 3.95. The molecular weight excluding hydrogens is 307 g/mol. The largest absolute Gasteiger partial charge is 0.433 e. The van der Waals surface area contributed by atoms with Crippen LogP contribution in [-0.4, -0.2) is 15.7 Å². The lowest BCUT2D eigenvalue weighted by Crippen LogP contribution is -2.13. The first-order valence-electron chi connectivity index (χ1n) is 5.87. The molecule has 2 rings (SSSR count). The van der Waals surface area contributed by atoms with E-state index in [4.69, 9.17) is 11.6 Å². The predicted octanol–water partition coefficient (Wildman–Crippen LogP) is 3.65. The number of hydrogen-bond donors (Lipinski definition) is 1. The zero-order chi connectivity index (χ0) is 15.8. The number of nitrogens with one attached hydrogen (secondary N) is 1. The van der Waals surface area contributed by atoms with Gasteiger partial charge < -0.3 is 5.32 Å². The monoisotopic (exact) mass is 317 g/mol. The summed E-state index contributed by atoms with van der Waals surface area (Å²) in [5.41, 5.74) is -0.0993. The van der Waals surface area contributed by atoms with Crippen LogP contribution < -0.4 is 5.32 Å². The maximum absolute atomic E-state index is 12.6. The Morgan fingerprint density at radius 2 is 2.00 bits per heavy atom. The molecule has 1 aromatic carbocycles. The van der Waals surface area contributed by atoms with Crippen LogP contribution in [0.25, 0.3) is 0 Å². The normalized spacial score (nSPS) is 11.5. The lowest BCUT2D eigenvalue weighted by atomic mass is 10.2. The Morgan fingerprint density at radius 3 is 2.52 bits per heavy atom. The number of hydrogen-bond acceptors (Lipinski definition) is 2. The van der Waals surface area contributed by atoms with E-state index in [1.54, 1.807) is 19.1 Å². The predicted molar refractivity (Wildman–Crippen MR) is 72.4 cm³/mol. The Morgan fingerprint density at radius 1 is 1.33 bits per heavy atom. The molecule has 0 aliphatic heterocycles. The van der Waals surface area contributed by atoms with Crippen molar-refractivity contribution in [1.29, 1.82) is 0 Å². The van der Waals surface area contributed by atoms with Crippen LogP contribution >= 0.6 is 11.6 Å². The highest BCUT2D eigenvalue weighted by atomic mass is 35.5. The molecule has 0 fully saturated rings. The minimum Gasteiger partial charge on any atom is -0.321 e. The summed E-state index contributed by atoms with van der Waals surface area (Å²) in [7, 11) is 1.13. The molecule has 0 unspecified atom stereocenters. The molecule has 0 bridgehead atoms. The number of carbonyl (C=O) groups excluding carboxylic acids is 1. The van der Waals surface area contributed by atoms with Crippen molar-refractivity contribution in [1.82, 2.24) is 9.78 Å². The molecule has 0 aliphatic carbocycles. The Labute approximate surface area is 123 Å². The molecule has 8 heteroatoms. The fourth-order valence-corrected chi connectivity index (χ4v) is 1.89. The molecule has 21 heavy (non-hydrogen) atoms. The van der Waals surface area contributed by atoms with Crippen LogP contribution in [0.3, 0.4) is 0 Å². The molecule has 112 valence electrons. The molecule has 0 saturated heterocycles. The van der Waals surface area contributed by atoms with Crippen LogP contribution in [0.4, 0.5) is 18.9 Å². The number of nitrogens with zero attached hydrogens (tertiary/aromatic N) is 2. The molecular formula is C13H11ClF3N3O. The topological polar surface area (TPSA) is 46.9 Å². The van der Waals surface area contributed by atoms with Gasteiger partial charge >= 0.3 is 6.18 Å². The molecule has 0 radical (unpaired) electrons. The van der Waals surface area contributed by atoms with Crippen molar-refractivity contribution in [2.75, 3.05) is 5.32 Å². The minimum atomic E-state index is -4.56. The van der Waals surface area contributed by atoms with Crippen molar-refractivity contribution in [3.63, 3.8) is 0 Å². The third-order valence-electron chi connectivity index (χ3n) is 2.83. The van der Waals surface area contributed by atoms with Gasteiger partial charge in [0.05, 0.1) is 0 Å². The van der Waals surface area contributed by atoms with Crippen LogP contribution in [0, 0.1) is 6.92 Å². The zero-order valence-corrected chi connectivity index (χ0v) is 11.9. The van der Waals surface area contributed by atoms with Gasteiger partial charge in [-0.3, -0.25) is 9.48 Å². The summed E-state index contributed by atoms with van der Waals surface area (Å²) in [5.74, 6) is -0.735. The quantitative estimate of drug-likeness (QED) is 0.919. The highest BCUT2D eigenvalue weighted by Crippen LogP contribution is 2.29. The standard InChI is InChI=1S/C13H11ClF3N3O/c1-7-3-4-8(5-9(7)14)18-12(21)10-6-11(13(15,16)17)20(2)19-10/h3-6H,1-2H3,(H,18,21).